The highest BCUT2D eigenvalue weighted by atomic mass is 32.1. The first kappa shape index (κ1) is 28.4. The first-order valence-electron chi connectivity index (χ1n) is 17.3. The van der Waals surface area contributed by atoms with Crippen molar-refractivity contribution in [3.63, 3.8) is 0 Å². The van der Waals surface area contributed by atoms with Gasteiger partial charge in [0.2, 0.25) is 0 Å². The van der Waals surface area contributed by atoms with Crippen LogP contribution in [0.3, 0.4) is 0 Å². The predicted octanol–water partition coefficient (Wildman–Crippen LogP) is 13.0. The number of para-hydroxylation sites is 3. The summed E-state index contributed by atoms with van der Waals surface area (Å²) in [5, 5.41) is 7.51. The van der Waals surface area contributed by atoms with Crippen molar-refractivity contribution in [2.24, 2.45) is 0 Å². The quantitative estimate of drug-likeness (QED) is 0.183. The molecule has 0 radical (unpaired) electrons. The van der Waals surface area contributed by atoms with Gasteiger partial charge in [-0.05, 0) is 77.4 Å². The molecular weight excluding hydrogens is 639 g/mol. The standard InChI is InChI=1S/C47H29N3S/c1-5-19-42-35(15-1)36-16-2-6-20-43(36)50(42)34-23-24-45-39(27-34)37-17-3-7-21-44(37)49(45)33-14-10-12-31(26-33)30-11-9-13-32(25-30)40-28-48-29-41-38-18-4-8-22-46(38)51-47(40)41/h1-29H. The number of nitrogens with zero attached hydrogens (tertiary/aromatic N) is 3. The van der Waals surface area contributed by atoms with Crippen molar-refractivity contribution in [2.75, 3.05) is 0 Å². The summed E-state index contributed by atoms with van der Waals surface area (Å²) in [7, 11) is 0. The maximum Gasteiger partial charge on any atom is 0.0542 e. The van der Waals surface area contributed by atoms with Crippen molar-refractivity contribution in [2.45, 2.75) is 0 Å². The Morgan fingerprint density at radius 3 is 1.65 bits per heavy atom. The van der Waals surface area contributed by atoms with E-state index in [0.29, 0.717) is 0 Å². The lowest BCUT2D eigenvalue weighted by atomic mass is 9.99. The van der Waals surface area contributed by atoms with Gasteiger partial charge in [0.1, 0.15) is 0 Å². The van der Waals surface area contributed by atoms with Crippen molar-refractivity contribution in [1.29, 1.82) is 0 Å². The molecule has 0 saturated heterocycles. The molecule has 11 rings (SSSR count). The van der Waals surface area contributed by atoms with Crippen LogP contribution in [0.15, 0.2) is 176 Å². The van der Waals surface area contributed by atoms with Crippen LogP contribution in [-0.2, 0) is 0 Å². The number of pyridine rings is 1. The Morgan fingerprint density at radius 2 is 0.922 bits per heavy atom. The second-order valence-corrected chi connectivity index (χ2v) is 14.3. The van der Waals surface area contributed by atoms with E-state index in [0.717, 1.165) is 11.4 Å². The van der Waals surface area contributed by atoms with Crippen LogP contribution >= 0.6 is 11.3 Å². The van der Waals surface area contributed by atoms with E-state index >= 15 is 0 Å². The SMILES string of the molecule is c1cc(-c2cccc(-n3c4ccccc4c4cc(-n5c6ccccc6c6ccccc65)ccc43)c2)cc(-c2cncc3c2sc2ccccc23)c1. The lowest BCUT2D eigenvalue weighted by molar-refractivity contribution is 1.17. The Balaban J connectivity index is 1.06. The van der Waals surface area contributed by atoms with E-state index in [1.165, 1.54) is 86.0 Å². The summed E-state index contributed by atoms with van der Waals surface area (Å²) < 4.78 is 7.38. The second-order valence-electron chi connectivity index (χ2n) is 13.2. The van der Waals surface area contributed by atoms with E-state index in [-0.39, 0.29) is 0 Å². The fourth-order valence-electron chi connectivity index (χ4n) is 8.11. The maximum atomic E-state index is 4.67. The minimum atomic E-state index is 1.14. The third-order valence-electron chi connectivity index (χ3n) is 10.4. The number of aromatic nitrogens is 3. The van der Waals surface area contributed by atoms with Crippen LogP contribution in [0.2, 0.25) is 0 Å². The molecule has 4 heterocycles. The Hall–Kier alpha value is -6.49. The zero-order valence-electron chi connectivity index (χ0n) is 27.5. The molecule has 0 N–H and O–H groups in total. The van der Waals surface area contributed by atoms with Gasteiger partial charge in [0, 0.05) is 71.0 Å². The van der Waals surface area contributed by atoms with Gasteiger partial charge in [-0.25, -0.2) is 0 Å². The number of fused-ring (bicyclic) bond motifs is 9. The number of rotatable bonds is 4. The van der Waals surface area contributed by atoms with Gasteiger partial charge in [-0.1, -0.05) is 103 Å². The molecule has 4 heteroatoms. The highest BCUT2D eigenvalue weighted by molar-refractivity contribution is 7.26. The number of thiophene rings is 1. The summed E-state index contributed by atoms with van der Waals surface area (Å²) in [5.74, 6) is 0. The van der Waals surface area contributed by atoms with Crippen LogP contribution in [0, 0.1) is 0 Å². The molecule has 51 heavy (non-hydrogen) atoms. The van der Waals surface area contributed by atoms with Gasteiger partial charge in [0.05, 0.1) is 22.1 Å². The van der Waals surface area contributed by atoms with E-state index in [1.807, 2.05) is 23.7 Å². The normalized spacial score (nSPS) is 11.9. The van der Waals surface area contributed by atoms with Crippen molar-refractivity contribution in [1.82, 2.24) is 14.1 Å². The van der Waals surface area contributed by atoms with Crippen molar-refractivity contribution < 1.29 is 0 Å². The van der Waals surface area contributed by atoms with Gasteiger partial charge < -0.3 is 9.13 Å². The monoisotopic (exact) mass is 667 g/mol. The van der Waals surface area contributed by atoms with E-state index in [2.05, 4.69) is 178 Å². The molecule has 0 aliphatic rings. The van der Waals surface area contributed by atoms with Crippen LogP contribution in [0.1, 0.15) is 0 Å². The first-order chi connectivity index (χ1) is 25.3. The molecule has 0 amide bonds. The Labute approximate surface area is 297 Å². The van der Waals surface area contributed by atoms with E-state index in [4.69, 9.17) is 0 Å². The summed E-state index contributed by atoms with van der Waals surface area (Å²) in [6.45, 7) is 0. The lowest BCUT2D eigenvalue weighted by Gasteiger charge is -2.12. The molecule has 0 aliphatic carbocycles. The van der Waals surface area contributed by atoms with Gasteiger partial charge in [-0.2, -0.15) is 0 Å². The molecule has 0 fully saturated rings. The van der Waals surface area contributed by atoms with Crippen LogP contribution in [0.25, 0.3) is 97.4 Å². The average molecular weight is 668 g/mol. The summed E-state index contributed by atoms with van der Waals surface area (Å²) in [4.78, 5) is 4.67. The van der Waals surface area contributed by atoms with E-state index in [9.17, 15) is 0 Å². The minimum Gasteiger partial charge on any atom is -0.309 e. The summed E-state index contributed by atoms with van der Waals surface area (Å²) in [5.41, 5.74) is 11.8. The summed E-state index contributed by atoms with van der Waals surface area (Å²) >= 11 is 1.84. The fourth-order valence-corrected chi connectivity index (χ4v) is 9.32. The van der Waals surface area contributed by atoms with Crippen LogP contribution in [-0.4, -0.2) is 14.1 Å². The van der Waals surface area contributed by atoms with E-state index < -0.39 is 0 Å². The Kier molecular flexibility index (Phi) is 6.12. The van der Waals surface area contributed by atoms with E-state index in [1.54, 1.807) is 0 Å². The molecule has 0 spiro atoms. The molecule has 4 aromatic heterocycles. The summed E-state index contributed by atoms with van der Waals surface area (Å²) in [6.07, 6.45) is 4.02. The molecule has 11 aromatic rings. The van der Waals surface area contributed by atoms with Crippen molar-refractivity contribution in [3.05, 3.63) is 176 Å². The van der Waals surface area contributed by atoms with Gasteiger partial charge in [0.25, 0.3) is 0 Å². The second kappa shape index (κ2) is 11.0. The van der Waals surface area contributed by atoms with Crippen LogP contribution < -0.4 is 0 Å². The molecule has 238 valence electrons. The number of hydrogen-bond acceptors (Lipinski definition) is 2. The van der Waals surface area contributed by atoms with Crippen LogP contribution in [0.4, 0.5) is 0 Å². The van der Waals surface area contributed by atoms with Gasteiger partial charge >= 0.3 is 0 Å². The Bertz CT molecular complexity index is 3100. The third kappa shape index (κ3) is 4.27. The molecule has 3 nitrogen and oxygen atoms in total. The molecule has 0 atom stereocenters. The molecule has 0 saturated carbocycles. The fraction of sp³-hybridized carbons (Fsp3) is 0. The zero-order valence-corrected chi connectivity index (χ0v) is 28.3. The van der Waals surface area contributed by atoms with Crippen LogP contribution in [0.5, 0.6) is 0 Å². The number of hydrogen-bond donors (Lipinski definition) is 0. The third-order valence-corrected chi connectivity index (χ3v) is 11.6. The highest BCUT2D eigenvalue weighted by Crippen LogP contribution is 2.41. The smallest absolute Gasteiger partial charge is 0.0542 e. The molecular formula is C47H29N3S. The van der Waals surface area contributed by atoms with Gasteiger partial charge in [-0.3, -0.25) is 4.98 Å². The summed E-state index contributed by atoms with van der Waals surface area (Å²) in [6, 6.07) is 59.6. The lowest BCUT2D eigenvalue weighted by Crippen LogP contribution is -1.96. The number of benzene rings is 7. The molecule has 0 aliphatic heterocycles. The molecule has 7 aromatic carbocycles. The van der Waals surface area contributed by atoms with Crippen molar-refractivity contribution >= 4 is 75.1 Å². The topological polar surface area (TPSA) is 22.8 Å². The zero-order chi connectivity index (χ0) is 33.5. The average Bonchev–Trinajstić information content (AvgIpc) is 3.86. The maximum absolute atomic E-state index is 4.67. The molecule has 0 unspecified atom stereocenters. The Morgan fingerprint density at radius 1 is 0.373 bits per heavy atom. The minimum absolute atomic E-state index is 1.14. The van der Waals surface area contributed by atoms with Gasteiger partial charge in [0.15, 0.2) is 0 Å². The predicted molar refractivity (Wildman–Crippen MR) is 217 cm³/mol. The first-order valence-corrected chi connectivity index (χ1v) is 18.1. The molecule has 0 bridgehead atoms. The van der Waals surface area contributed by atoms with Crippen molar-refractivity contribution in [3.8, 4) is 33.6 Å². The van der Waals surface area contributed by atoms with Gasteiger partial charge in [-0.15, -0.1) is 11.3 Å². The largest absolute Gasteiger partial charge is 0.309 e. The highest BCUT2D eigenvalue weighted by Gasteiger charge is 2.17.